The summed E-state index contributed by atoms with van der Waals surface area (Å²) in [5, 5.41) is 19.5. The van der Waals surface area contributed by atoms with Gasteiger partial charge in [0.15, 0.2) is 0 Å². The standard InChI is InChI=1S/C24H42O7/c1-4-18(25)14-30-23(27)21-9-7-6-8-16(21)12-17-13-20(29-3)10-11-22(17)24(28)31-15-19(26)5-2/h16-22,25-26H,4-15H2,1-3H3. The number of hydrogen-bond donors (Lipinski definition) is 2. The van der Waals surface area contributed by atoms with E-state index in [1.54, 1.807) is 7.11 Å². The molecule has 2 aliphatic rings. The summed E-state index contributed by atoms with van der Waals surface area (Å²) in [4.78, 5) is 25.5. The van der Waals surface area contributed by atoms with Gasteiger partial charge in [0.2, 0.25) is 0 Å². The molecule has 7 nitrogen and oxygen atoms in total. The molecule has 0 aromatic heterocycles. The predicted octanol–water partition coefficient (Wildman–Crippen LogP) is 3.24. The molecule has 0 amide bonds. The Morgan fingerprint density at radius 1 is 0.839 bits per heavy atom. The van der Waals surface area contributed by atoms with Crippen LogP contribution in [0.4, 0.5) is 0 Å². The van der Waals surface area contributed by atoms with Crippen molar-refractivity contribution in [3.63, 3.8) is 0 Å². The number of ether oxygens (including phenoxy) is 3. The van der Waals surface area contributed by atoms with Crippen molar-refractivity contribution >= 4 is 11.9 Å². The monoisotopic (exact) mass is 442 g/mol. The van der Waals surface area contributed by atoms with Crippen molar-refractivity contribution in [2.24, 2.45) is 23.7 Å². The number of carbonyl (C=O) groups excluding carboxylic acids is 2. The molecule has 2 saturated carbocycles. The molecule has 2 N–H and O–H groups in total. The van der Waals surface area contributed by atoms with Gasteiger partial charge in [0.05, 0.1) is 30.1 Å². The number of rotatable bonds is 11. The highest BCUT2D eigenvalue weighted by Gasteiger charge is 2.41. The minimum absolute atomic E-state index is 0.0321. The second kappa shape index (κ2) is 13.4. The molecule has 2 rings (SSSR count). The molecule has 2 aliphatic carbocycles. The third-order valence-electron chi connectivity index (χ3n) is 7.17. The van der Waals surface area contributed by atoms with E-state index in [1.807, 2.05) is 13.8 Å². The molecular weight excluding hydrogens is 400 g/mol. The van der Waals surface area contributed by atoms with E-state index in [4.69, 9.17) is 14.2 Å². The molecule has 0 spiro atoms. The van der Waals surface area contributed by atoms with Gasteiger partial charge in [-0.1, -0.05) is 26.7 Å². The number of methoxy groups -OCH3 is 1. The first-order valence-corrected chi connectivity index (χ1v) is 12.1. The van der Waals surface area contributed by atoms with Gasteiger partial charge in [0.1, 0.15) is 13.2 Å². The van der Waals surface area contributed by atoms with Crippen molar-refractivity contribution in [2.75, 3.05) is 20.3 Å². The predicted molar refractivity (Wildman–Crippen MR) is 116 cm³/mol. The molecule has 7 unspecified atom stereocenters. The van der Waals surface area contributed by atoms with Crippen LogP contribution in [0.3, 0.4) is 0 Å². The van der Waals surface area contributed by atoms with Crippen LogP contribution in [-0.2, 0) is 23.8 Å². The van der Waals surface area contributed by atoms with Gasteiger partial charge in [-0.15, -0.1) is 0 Å². The molecule has 0 saturated heterocycles. The SMILES string of the molecule is CCC(O)COC(=O)C1CCCCC1CC1CC(OC)CCC1C(=O)OCC(O)CC. The molecule has 7 heteroatoms. The van der Waals surface area contributed by atoms with Gasteiger partial charge in [0, 0.05) is 7.11 Å². The number of carbonyl (C=O) groups is 2. The smallest absolute Gasteiger partial charge is 0.309 e. The first-order valence-electron chi connectivity index (χ1n) is 12.1. The van der Waals surface area contributed by atoms with E-state index in [1.165, 1.54) is 0 Å². The zero-order valence-corrected chi connectivity index (χ0v) is 19.5. The lowest BCUT2D eigenvalue weighted by Gasteiger charge is -2.39. The van der Waals surface area contributed by atoms with E-state index >= 15 is 0 Å². The van der Waals surface area contributed by atoms with Crippen LogP contribution in [0.15, 0.2) is 0 Å². The Morgan fingerprint density at radius 3 is 1.94 bits per heavy atom. The Bertz CT molecular complexity index is 552. The van der Waals surface area contributed by atoms with Crippen molar-refractivity contribution in [3.05, 3.63) is 0 Å². The third-order valence-corrected chi connectivity index (χ3v) is 7.17. The fourth-order valence-electron chi connectivity index (χ4n) is 5.00. The summed E-state index contributed by atoms with van der Waals surface area (Å²) in [6, 6.07) is 0. The number of esters is 2. The quantitative estimate of drug-likeness (QED) is 0.474. The van der Waals surface area contributed by atoms with E-state index in [0.29, 0.717) is 19.3 Å². The van der Waals surface area contributed by atoms with E-state index in [0.717, 1.165) is 44.9 Å². The summed E-state index contributed by atoms with van der Waals surface area (Å²) in [5.41, 5.74) is 0. The molecule has 180 valence electrons. The highest BCUT2D eigenvalue weighted by atomic mass is 16.5. The third kappa shape index (κ3) is 8.03. The largest absolute Gasteiger partial charge is 0.463 e. The molecule has 0 aromatic rings. The van der Waals surface area contributed by atoms with E-state index in [-0.39, 0.29) is 54.9 Å². The summed E-state index contributed by atoms with van der Waals surface area (Å²) in [6.45, 7) is 3.79. The molecule has 2 fully saturated rings. The normalized spacial score (nSPS) is 30.9. The molecule has 0 aromatic carbocycles. The summed E-state index contributed by atoms with van der Waals surface area (Å²) < 4.78 is 16.4. The molecular formula is C24H42O7. The Balaban J connectivity index is 2.03. The van der Waals surface area contributed by atoms with E-state index < -0.39 is 12.2 Å². The fraction of sp³-hybridized carbons (Fsp3) is 0.917. The summed E-state index contributed by atoms with van der Waals surface area (Å²) in [6.07, 6.45) is 6.84. The van der Waals surface area contributed by atoms with Crippen molar-refractivity contribution in [1.29, 1.82) is 0 Å². The maximum atomic E-state index is 12.8. The van der Waals surface area contributed by atoms with Crippen LogP contribution in [0, 0.1) is 23.7 Å². The highest BCUT2D eigenvalue weighted by molar-refractivity contribution is 5.74. The molecule has 31 heavy (non-hydrogen) atoms. The van der Waals surface area contributed by atoms with Crippen LogP contribution in [-0.4, -0.2) is 60.8 Å². The Labute approximate surface area is 186 Å². The molecule has 0 bridgehead atoms. The van der Waals surface area contributed by atoms with Crippen LogP contribution < -0.4 is 0 Å². The minimum Gasteiger partial charge on any atom is -0.463 e. The van der Waals surface area contributed by atoms with Crippen molar-refractivity contribution in [1.82, 2.24) is 0 Å². The van der Waals surface area contributed by atoms with Crippen LogP contribution >= 0.6 is 0 Å². The van der Waals surface area contributed by atoms with Crippen molar-refractivity contribution in [2.45, 2.75) is 96.4 Å². The molecule has 7 atom stereocenters. The Hall–Kier alpha value is -1.18. The number of aliphatic hydroxyl groups is 2. The molecule has 0 radical (unpaired) electrons. The van der Waals surface area contributed by atoms with Crippen LogP contribution in [0.5, 0.6) is 0 Å². The second-order valence-corrected chi connectivity index (χ2v) is 9.31. The van der Waals surface area contributed by atoms with Gasteiger partial charge in [-0.25, -0.2) is 0 Å². The van der Waals surface area contributed by atoms with Crippen LogP contribution in [0.2, 0.25) is 0 Å². The zero-order chi connectivity index (χ0) is 22.8. The first kappa shape index (κ1) is 26.1. The van der Waals surface area contributed by atoms with Crippen molar-refractivity contribution < 1.29 is 34.0 Å². The van der Waals surface area contributed by atoms with Gasteiger partial charge in [0.25, 0.3) is 0 Å². The molecule has 0 heterocycles. The zero-order valence-electron chi connectivity index (χ0n) is 19.5. The van der Waals surface area contributed by atoms with E-state index in [2.05, 4.69) is 0 Å². The summed E-state index contributed by atoms with van der Waals surface area (Å²) >= 11 is 0. The van der Waals surface area contributed by atoms with E-state index in [9.17, 15) is 19.8 Å². The summed E-state index contributed by atoms with van der Waals surface area (Å²) in [7, 11) is 1.71. The maximum Gasteiger partial charge on any atom is 0.309 e. The van der Waals surface area contributed by atoms with Crippen LogP contribution in [0.25, 0.3) is 0 Å². The topological polar surface area (TPSA) is 102 Å². The molecule has 0 aliphatic heterocycles. The fourth-order valence-corrected chi connectivity index (χ4v) is 5.00. The van der Waals surface area contributed by atoms with Gasteiger partial charge in [-0.05, 0) is 63.2 Å². The average molecular weight is 443 g/mol. The van der Waals surface area contributed by atoms with Gasteiger partial charge >= 0.3 is 11.9 Å². The second-order valence-electron chi connectivity index (χ2n) is 9.31. The van der Waals surface area contributed by atoms with Crippen LogP contribution in [0.1, 0.15) is 78.1 Å². The average Bonchev–Trinajstić information content (AvgIpc) is 2.80. The Morgan fingerprint density at radius 2 is 1.39 bits per heavy atom. The van der Waals surface area contributed by atoms with Gasteiger partial charge in [-0.2, -0.15) is 0 Å². The van der Waals surface area contributed by atoms with Crippen molar-refractivity contribution in [3.8, 4) is 0 Å². The lowest BCUT2D eigenvalue weighted by atomic mass is 9.68. The maximum absolute atomic E-state index is 12.8. The van der Waals surface area contributed by atoms with Gasteiger partial charge < -0.3 is 24.4 Å². The highest BCUT2D eigenvalue weighted by Crippen LogP contribution is 2.42. The first-order chi connectivity index (χ1) is 14.9. The minimum atomic E-state index is -0.631. The summed E-state index contributed by atoms with van der Waals surface area (Å²) in [5.74, 6) is -0.619. The Kier molecular flexibility index (Phi) is 11.3. The number of hydrogen-bond acceptors (Lipinski definition) is 7. The number of aliphatic hydroxyl groups excluding tert-OH is 2. The lowest BCUT2D eigenvalue weighted by Crippen LogP contribution is -2.39. The lowest BCUT2D eigenvalue weighted by molar-refractivity contribution is -0.158. The van der Waals surface area contributed by atoms with Gasteiger partial charge in [-0.3, -0.25) is 9.59 Å².